The van der Waals surface area contributed by atoms with Crippen LogP contribution in [0.25, 0.3) is 0 Å². The summed E-state index contributed by atoms with van der Waals surface area (Å²) in [6.45, 7) is 1.76. The second kappa shape index (κ2) is 9.00. The zero-order valence-corrected chi connectivity index (χ0v) is 15.4. The van der Waals surface area contributed by atoms with E-state index in [1.54, 1.807) is 0 Å². The lowest BCUT2D eigenvalue weighted by atomic mass is 10.1. The lowest BCUT2D eigenvalue weighted by Gasteiger charge is -2.14. The normalized spacial score (nSPS) is 15.3. The van der Waals surface area contributed by atoms with Gasteiger partial charge in [0.2, 0.25) is 10.0 Å². The number of carboxylic acids is 1. The lowest BCUT2D eigenvalue weighted by molar-refractivity contribution is -0.139. The summed E-state index contributed by atoms with van der Waals surface area (Å²) in [5.41, 5.74) is 0. The van der Waals surface area contributed by atoms with E-state index >= 15 is 0 Å². The Hall–Kier alpha value is -2.13. The van der Waals surface area contributed by atoms with E-state index < -0.39 is 22.0 Å². The van der Waals surface area contributed by atoms with Gasteiger partial charge >= 0.3 is 5.97 Å². The molecule has 1 aliphatic carbocycles. The molecule has 2 rings (SSSR count). The van der Waals surface area contributed by atoms with Gasteiger partial charge in [0, 0.05) is 6.04 Å². The minimum Gasteiger partial charge on any atom is -0.484 e. The lowest BCUT2D eigenvalue weighted by Crippen LogP contribution is -2.40. The molecular formula is C17H24N2O6S. The first-order chi connectivity index (χ1) is 12.3. The molecular weight excluding hydrogens is 360 g/mol. The summed E-state index contributed by atoms with van der Waals surface area (Å²) in [5, 5.41) is 11.9. The van der Waals surface area contributed by atoms with Gasteiger partial charge in [0.1, 0.15) is 11.8 Å². The number of ether oxygens (including phenoxy) is 1. The average molecular weight is 384 g/mol. The van der Waals surface area contributed by atoms with Crippen molar-refractivity contribution in [3.8, 4) is 5.75 Å². The van der Waals surface area contributed by atoms with E-state index in [-0.39, 0.29) is 29.9 Å². The van der Waals surface area contributed by atoms with Gasteiger partial charge in [0.25, 0.3) is 5.91 Å². The molecule has 3 N–H and O–H groups in total. The molecule has 1 aromatic carbocycles. The van der Waals surface area contributed by atoms with Gasteiger partial charge < -0.3 is 15.2 Å². The van der Waals surface area contributed by atoms with Crippen molar-refractivity contribution < 1.29 is 27.9 Å². The Morgan fingerprint density at radius 1 is 1.27 bits per heavy atom. The first kappa shape index (κ1) is 20.2. The fourth-order valence-corrected chi connectivity index (χ4v) is 3.48. The van der Waals surface area contributed by atoms with Crippen LogP contribution in [0.5, 0.6) is 5.75 Å². The smallest absolute Gasteiger partial charge is 0.321 e. The number of amides is 1. The molecule has 1 aliphatic rings. The maximum Gasteiger partial charge on any atom is 0.321 e. The zero-order valence-electron chi connectivity index (χ0n) is 14.6. The maximum atomic E-state index is 12.3. The van der Waals surface area contributed by atoms with Crippen LogP contribution in [-0.4, -0.2) is 44.1 Å². The Labute approximate surface area is 153 Å². The van der Waals surface area contributed by atoms with Crippen molar-refractivity contribution in [1.82, 2.24) is 10.0 Å². The highest BCUT2D eigenvalue weighted by atomic mass is 32.2. The Morgan fingerprint density at radius 2 is 1.92 bits per heavy atom. The summed E-state index contributed by atoms with van der Waals surface area (Å²) < 4.78 is 32.2. The van der Waals surface area contributed by atoms with Crippen LogP contribution in [0.3, 0.4) is 0 Å². The molecule has 0 radical (unpaired) electrons. The number of carbonyl (C=O) groups excluding carboxylic acids is 1. The number of aliphatic carboxylic acids is 1. The SMILES string of the molecule is CCCCC(NS(=O)(=O)c1ccc(OCC(=O)NC2CC2)cc1)C(=O)O. The molecule has 0 aromatic heterocycles. The van der Waals surface area contributed by atoms with Crippen molar-refractivity contribution in [3.05, 3.63) is 24.3 Å². The van der Waals surface area contributed by atoms with Gasteiger partial charge in [-0.15, -0.1) is 0 Å². The van der Waals surface area contributed by atoms with E-state index in [0.29, 0.717) is 12.2 Å². The number of rotatable bonds is 11. The molecule has 0 saturated heterocycles. The highest BCUT2D eigenvalue weighted by Crippen LogP contribution is 2.19. The standard InChI is InChI=1S/C17H24N2O6S/c1-2-3-4-15(17(21)22)19-26(23,24)14-9-7-13(8-10-14)25-11-16(20)18-12-5-6-12/h7-10,12,15,19H,2-6,11H2,1H3,(H,18,20)(H,21,22). The monoisotopic (exact) mass is 384 g/mol. The molecule has 1 atom stereocenters. The van der Waals surface area contributed by atoms with Crippen LogP contribution in [0.2, 0.25) is 0 Å². The molecule has 1 aromatic rings. The summed E-state index contributed by atoms with van der Waals surface area (Å²) in [6, 6.07) is 4.58. The summed E-state index contributed by atoms with van der Waals surface area (Å²) in [7, 11) is -3.96. The summed E-state index contributed by atoms with van der Waals surface area (Å²) in [5.74, 6) is -1.06. The Balaban J connectivity index is 1.93. The molecule has 26 heavy (non-hydrogen) atoms. The van der Waals surface area contributed by atoms with E-state index in [0.717, 1.165) is 19.3 Å². The summed E-state index contributed by atoms with van der Waals surface area (Å²) in [6.07, 6.45) is 3.57. The topological polar surface area (TPSA) is 122 Å². The third-order valence-corrected chi connectivity index (χ3v) is 5.38. The summed E-state index contributed by atoms with van der Waals surface area (Å²) in [4.78, 5) is 22.7. The van der Waals surface area contributed by atoms with Gasteiger partial charge in [0.05, 0.1) is 4.90 Å². The van der Waals surface area contributed by atoms with Crippen molar-refractivity contribution in [3.63, 3.8) is 0 Å². The minimum absolute atomic E-state index is 0.0602. The first-order valence-corrected chi connectivity index (χ1v) is 10.1. The highest BCUT2D eigenvalue weighted by Gasteiger charge is 2.25. The van der Waals surface area contributed by atoms with Gasteiger partial charge in [-0.05, 0) is 43.5 Å². The predicted octanol–water partition coefficient (Wildman–Crippen LogP) is 1.27. The molecule has 1 fully saturated rings. The number of unbranched alkanes of at least 4 members (excludes halogenated alkanes) is 1. The van der Waals surface area contributed by atoms with E-state index in [2.05, 4.69) is 10.0 Å². The summed E-state index contributed by atoms with van der Waals surface area (Å²) >= 11 is 0. The second-order valence-electron chi connectivity index (χ2n) is 6.26. The van der Waals surface area contributed by atoms with Crippen LogP contribution >= 0.6 is 0 Å². The number of nitrogens with one attached hydrogen (secondary N) is 2. The van der Waals surface area contributed by atoms with Crippen molar-refractivity contribution in [2.24, 2.45) is 0 Å². The molecule has 0 aliphatic heterocycles. The van der Waals surface area contributed by atoms with Crippen LogP contribution in [0.4, 0.5) is 0 Å². The molecule has 144 valence electrons. The molecule has 1 unspecified atom stereocenters. The van der Waals surface area contributed by atoms with Crippen molar-refractivity contribution in [2.45, 2.75) is 56.0 Å². The van der Waals surface area contributed by atoms with Crippen molar-refractivity contribution >= 4 is 21.9 Å². The maximum absolute atomic E-state index is 12.3. The van der Waals surface area contributed by atoms with Crippen molar-refractivity contribution in [1.29, 1.82) is 0 Å². The van der Waals surface area contributed by atoms with Gasteiger partial charge in [-0.3, -0.25) is 9.59 Å². The Morgan fingerprint density at radius 3 is 2.46 bits per heavy atom. The molecule has 0 heterocycles. The third kappa shape index (κ3) is 6.30. The number of hydrogen-bond acceptors (Lipinski definition) is 5. The van der Waals surface area contributed by atoms with Gasteiger partial charge in [0.15, 0.2) is 6.61 Å². The Bertz CT molecular complexity index is 728. The van der Waals surface area contributed by atoms with Crippen LogP contribution in [-0.2, 0) is 19.6 Å². The van der Waals surface area contributed by atoms with E-state index in [4.69, 9.17) is 9.84 Å². The number of carbonyl (C=O) groups is 2. The fraction of sp³-hybridized carbons (Fsp3) is 0.529. The largest absolute Gasteiger partial charge is 0.484 e. The van der Waals surface area contributed by atoms with E-state index in [1.807, 2.05) is 6.92 Å². The highest BCUT2D eigenvalue weighted by molar-refractivity contribution is 7.89. The molecule has 9 heteroatoms. The molecule has 1 amide bonds. The van der Waals surface area contributed by atoms with E-state index in [1.165, 1.54) is 24.3 Å². The fourth-order valence-electron chi connectivity index (χ4n) is 2.26. The number of carboxylic acid groups (broad SMARTS) is 1. The van der Waals surface area contributed by atoms with Gasteiger partial charge in [-0.1, -0.05) is 19.8 Å². The van der Waals surface area contributed by atoms with E-state index in [9.17, 15) is 18.0 Å². The van der Waals surface area contributed by atoms with Crippen LogP contribution < -0.4 is 14.8 Å². The number of sulfonamides is 1. The molecule has 0 spiro atoms. The first-order valence-electron chi connectivity index (χ1n) is 8.59. The number of benzene rings is 1. The number of hydrogen-bond donors (Lipinski definition) is 3. The van der Waals surface area contributed by atoms with Crippen LogP contribution in [0.15, 0.2) is 29.2 Å². The molecule has 0 bridgehead atoms. The van der Waals surface area contributed by atoms with Crippen LogP contribution in [0.1, 0.15) is 39.0 Å². The Kier molecular flexibility index (Phi) is 6.98. The zero-order chi connectivity index (χ0) is 19.2. The molecule has 1 saturated carbocycles. The molecule has 8 nitrogen and oxygen atoms in total. The van der Waals surface area contributed by atoms with Gasteiger partial charge in [-0.25, -0.2) is 8.42 Å². The van der Waals surface area contributed by atoms with Crippen molar-refractivity contribution in [2.75, 3.05) is 6.61 Å². The van der Waals surface area contributed by atoms with Gasteiger partial charge in [-0.2, -0.15) is 4.72 Å². The average Bonchev–Trinajstić information content (AvgIpc) is 3.41. The quantitative estimate of drug-likeness (QED) is 0.528. The second-order valence-corrected chi connectivity index (χ2v) is 7.97. The minimum atomic E-state index is -3.96. The van der Waals surface area contributed by atoms with Crippen LogP contribution in [0, 0.1) is 0 Å². The third-order valence-electron chi connectivity index (χ3n) is 3.89. The predicted molar refractivity (Wildman–Crippen MR) is 94.4 cm³/mol.